The number of hydrogen-bond donors (Lipinski definition) is 1. The highest BCUT2D eigenvalue weighted by atomic mass is 32.2. The van der Waals surface area contributed by atoms with Gasteiger partial charge in [0.1, 0.15) is 5.82 Å². The summed E-state index contributed by atoms with van der Waals surface area (Å²) in [6.45, 7) is 1.91. The minimum atomic E-state index is -3.60. The molecule has 0 bridgehead atoms. The Bertz CT molecular complexity index is 763. The van der Waals surface area contributed by atoms with Crippen LogP contribution in [0.2, 0.25) is 0 Å². The number of rotatable bonds is 4. The van der Waals surface area contributed by atoms with Gasteiger partial charge in [-0.1, -0.05) is 29.8 Å². The van der Waals surface area contributed by atoms with Crippen molar-refractivity contribution >= 4 is 10.0 Å². The summed E-state index contributed by atoms with van der Waals surface area (Å²) in [5.74, 6) is -0.320. The zero-order valence-electron chi connectivity index (χ0n) is 12.3. The van der Waals surface area contributed by atoms with Gasteiger partial charge in [0.15, 0.2) is 0 Å². The summed E-state index contributed by atoms with van der Waals surface area (Å²) in [6.07, 6.45) is 2.40. The molecule has 3 nitrogen and oxygen atoms in total. The molecule has 1 aliphatic rings. The third-order valence-electron chi connectivity index (χ3n) is 4.26. The molecule has 2 aromatic carbocycles. The van der Waals surface area contributed by atoms with Crippen LogP contribution in [0.15, 0.2) is 53.4 Å². The van der Waals surface area contributed by atoms with E-state index in [9.17, 15) is 12.8 Å². The third-order valence-corrected chi connectivity index (χ3v) is 5.82. The van der Waals surface area contributed by atoms with Crippen LogP contribution in [-0.4, -0.2) is 8.42 Å². The maximum Gasteiger partial charge on any atom is 0.241 e. The fourth-order valence-corrected chi connectivity index (χ4v) is 4.23. The molecule has 1 fully saturated rings. The van der Waals surface area contributed by atoms with Crippen molar-refractivity contribution in [1.82, 2.24) is 4.72 Å². The van der Waals surface area contributed by atoms with Crippen molar-refractivity contribution in [3.8, 4) is 0 Å². The molecular weight excluding hydrogens is 301 g/mol. The van der Waals surface area contributed by atoms with Crippen LogP contribution in [0, 0.1) is 12.7 Å². The van der Waals surface area contributed by atoms with Gasteiger partial charge in [-0.2, -0.15) is 0 Å². The summed E-state index contributed by atoms with van der Waals surface area (Å²) in [6, 6.07) is 12.8. The fourth-order valence-electron chi connectivity index (χ4n) is 2.78. The van der Waals surface area contributed by atoms with Gasteiger partial charge in [-0.05, 0) is 56.0 Å². The Balaban J connectivity index is 1.92. The maximum absolute atomic E-state index is 13.1. The average molecular weight is 319 g/mol. The molecule has 1 saturated carbocycles. The normalized spacial score (nSPS) is 17.0. The zero-order chi connectivity index (χ0) is 15.8. The molecule has 0 aliphatic heterocycles. The first-order valence-electron chi connectivity index (χ1n) is 7.28. The van der Waals surface area contributed by atoms with E-state index in [1.807, 2.05) is 6.92 Å². The van der Waals surface area contributed by atoms with Crippen molar-refractivity contribution in [1.29, 1.82) is 0 Å². The highest BCUT2D eigenvalue weighted by Crippen LogP contribution is 2.42. The van der Waals surface area contributed by atoms with Crippen LogP contribution in [0.5, 0.6) is 0 Å². The van der Waals surface area contributed by atoms with Gasteiger partial charge < -0.3 is 0 Å². The lowest BCUT2D eigenvalue weighted by atomic mass is 9.73. The van der Waals surface area contributed by atoms with Crippen LogP contribution in [-0.2, 0) is 15.6 Å². The van der Waals surface area contributed by atoms with Crippen molar-refractivity contribution in [3.63, 3.8) is 0 Å². The minimum absolute atomic E-state index is 0.256. The molecule has 0 radical (unpaired) electrons. The number of sulfonamides is 1. The van der Waals surface area contributed by atoms with E-state index in [-0.39, 0.29) is 10.7 Å². The van der Waals surface area contributed by atoms with Gasteiger partial charge in [0.25, 0.3) is 0 Å². The second-order valence-corrected chi connectivity index (χ2v) is 7.54. The lowest BCUT2D eigenvalue weighted by molar-refractivity contribution is 0.224. The molecule has 0 unspecified atom stereocenters. The van der Waals surface area contributed by atoms with Crippen LogP contribution in [0.4, 0.5) is 4.39 Å². The molecule has 1 aliphatic carbocycles. The molecule has 1 N–H and O–H groups in total. The van der Waals surface area contributed by atoms with E-state index in [2.05, 4.69) is 4.72 Å². The van der Waals surface area contributed by atoms with Crippen LogP contribution in [0.25, 0.3) is 0 Å². The predicted molar refractivity (Wildman–Crippen MR) is 83.4 cm³/mol. The van der Waals surface area contributed by atoms with E-state index in [0.717, 1.165) is 30.4 Å². The van der Waals surface area contributed by atoms with Crippen molar-refractivity contribution in [2.24, 2.45) is 0 Å². The number of nitrogens with one attached hydrogen (secondary N) is 1. The van der Waals surface area contributed by atoms with E-state index < -0.39 is 15.6 Å². The Morgan fingerprint density at radius 1 is 1.00 bits per heavy atom. The largest absolute Gasteiger partial charge is 0.241 e. The van der Waals surface area contributed by atoms with E-state index in [0.29, 0.717) is 0 Å². The molecule has 22 heavy (non-hydrogen) atoms. The average Bonchev–Trinajstić information content (AvgIpc) is 2.44. The highest BCUT2D eigenvalue weighted by Gasteiger charge is 2.42. The molecule has 0 aromatic heterocycles. The molecular formula is C17H18FNO2S. The summed E-state index contributed by atoms with van der Waals surface area (Å²) >= 11 is 0. The molecule has 0 amide bonds. The molecule has 0 atom stereocenters. The Kier molecular flexibility index (Phi) is 3.78. The van der Waals surface area contributed by atoms with Crippen molar-refractivity contribution in [2.75, 3.05) is 0 Å². The van der Waals surface area contributed by atoms with Crippen molar-refractivity contribution in [2.45, 2.75) is 36.6 Å². The summed E-state index contributed by atoms with van der Waals surface area (Å²) in [5, 5.41) is 0. The number of benzene rings is 2. The number of hydrogen-bond acceptors (Lipinski definition) is 2. The van der Waals surface area contributed by atoms with E-state index >= 15 is 0 Å². The molecule has 116 valence electrons. The first kappa shape index (κ1) is 15.2. The summed E-state index contributed by atoms with van der Waals surface area (Å²) in [5.41, 5.74) is 1.21. The molecule has 3 rings (SSSR count). The zero-order valence-corrected chi connectivity index (χ0v) is 13.2. The minimum Gasteiger partial charge on any atom is -0.207 e. The lowest BCUT2D eigenvalue weighted by Gasteiger charge is -2.42. The van der Waals surface area contributed by atoms with Gasteiger partial charge in [0.05, 0.1) is 10.4 Å². The number of aryl methyl sites for hydroxylation is 1. The van der Waals surface area contributed by atoms with E-state index in [4.69, 9.17) is 0 Å². The fraction of sp³-hybridized carbons (Fsp3) is 0.294. The molecule has 5 heteroatoms. The third kappa shape index (κ3) is 2.78. The van der Waals surface area contributed by atoms with Gasteiger partial charge in [-0.3, -0.25) is 0 Å². The van der Waals surface area contributed by atoms with Gasteiger partial charge in [0, 0.05) is 0 Å². The van der Waals surface area contributed by atoms with E-state index in [1.54, 1.807) is 36.4 Å². The van der Waals surface area contributed by atoms with Crippen LogP contribution >= 0.6 is 0 Å². The van der Waals surface area contributed by atoms with E-state index in [1.165, 1.54) is 12.1 Å². The quantitative estimate of drug-likeness (QED) is 0.937. The Morgan fingerprint density at radius 3 is 2.09 bits per heavy atom. The standard InChI is InChI=1S/C17H18FNO2S/c1-13-3-9-16(10-4-13)22(20,21)19-17(11-2-12-17)14-5-7-15(18)8-6-14/h3-10,19H,2,11-12H2,1H3. The predicted octanol–water partition coefficient (Wildman–Crippen LogP) is 3.49. The highest BCUT2D eigenvalue weighted by molar-refractivity contribution is 7.89. The van der Waals surface area contributed by atoms with Crippen molar-refractivity contribution in [3.05, 3.63) is 65.5 Å². The molecule has 0 spiro atoms. The SMILES string of the molecule is Cc1ccc(S(=O)(=O)NC2(c3ccc(F)cc3)CCC2)cc1. The number of halogens is 1. The smallest absolute Gasteiger partial charge is 0.207 e. The van der Waals surface area contributed by atoms with Crippen LogP contribution in [0.1, 0.15) is 30.4 Å². The summed E-state index contributed by atoms with van der Waals surface area (Å²) < 4.78 is 41.1. The Hall–Kier alpha value is -1.72. The second kappa shape index (κ2) is 5.48. The van der Waals surface area contributed by atoms with Gasteiger partial charge in [0.2, 0.25) is 10.0 Å². The van der Waals surface area contributed by atoms with Crippen LogP contribution in [0.3, 0.4) is 0 Å². The molecule has 0 saturated heterocycles. The monoisotopic (exact) mass is 319 g/mol. The summed E-state index contributed by atoms with van der Waals surface area (Å²) in [7, 11) is -3.60. The topological polar surface area (TPSA) is 46.2 Å². The maximum atomic E-state index is 13.1. The van der Waals surface area contributed by atoms with Gasteiger partial charge in [-0.25, -0.2) is 17.5 Å². The Morgan fingerprint density at radius 2 is 1.59 bits per heavy atom. The summed E-state index contributed by atoms with van der Waals surface area (Å²) in [4.78, 5) is 0.256. The first-order valence-corrected chi connectivity index (χ1v) is 8.76. The van der Waals surface area contributed by atoms with Gasteiger partial charge in [-0.15, -0.1) is 0 Å². The molecule has 0 heterocycles. The first-order chi connectivity index (χ1) is 10.4. The second-order valence-electron chi connectivity index (χ2n) is 5.86. The van der Waals surface area contributed by atoms with Crippen LogP contribution < -0.4 is 4.72 Å². The lowest BCUT2D eigenvalue weighted by Crippen LogP contribution is -2.50. The Labute approximate surface area is 130 Å². The van der Waals surface area contributed by atoms with Crippen molar-refractivity contribution < 1.29 is 12.8 Å². The van der Waals surface area contributed by atoms with Gasteiger partial charge >= 0.3 is 0 Å². The molecule has 2 aromatic rings.